The zero-order valence-electron chi connectivity index (χ0n) is 14.3. The van der Waals surface area contributed by atoms with E-state index in [0.29, 0.717) is 17.9 Å². The van der Waals surface area contributed by atoms with Crippen LogP contribution in [0.1, 0.15) is 75.3 Å². The highest BCUT2D eigenvalue weighted by atomic mass is 15.2. The molecule has 0 aromatic heterocycles. The molecule has 2 fully saturated rings. The Labute approximate surface area is 136 Å². The van der Waals surface area contributed by atoms with Gasteiger partial charge in [-0.1, -0.05) is 57.4 Å². The number of rotatable bonds is 3. The Morgan fingerprint density at radius 2 is 1.68 bits per heavy atom. The molecule has 1 aromatic rings. The van der Waals surface area contributed by atoms with Crippen LogP contribution in [0, 0.1) is 0 Å². The van der Waals surface area contributed by atoms with Crippen LogP contribution >= 0.6 is 0 Å². The van der Waals surface area contributed by atoms with Crippen LogP contribution in [0.2, 0.25) is 0 Å². The zero-order valence-corrected chi connectivity index (χ0v) is 14.3. The van der Waals surface area contributed by atoms with Crippen molar-refractivity contribution in [2.75, 3.05) is 13.1 Å². The molecule has 0 bridgehead atoms. The predicted octanol–water partition coefficient (Wildman–Crippen LogP) is 4.26. The van der Waals surface area contributed by atoms with Gasteiger partial charge in [-0.2, -0.15) is 0 Å². The number of nitrogens with zero attached hydrogens (tertiary/aromatic N) is 1. The molecule has 2 heteroatoms. The minimum Gasteiger partial charge on any atom is -0.327 e. The molecule has 1 saturated carbocycles. The van der Waals surface area contributed by atoms with Crippen molar-refractivity contribution >= 4 is 0 Å². The molecule has 2 unspecified atom stereocenters. The Morgan fingerprint density at radius 1 is 1.00 bits per heavy atom. The van der Waals surface area contributed by atoms with Crippen molar-refractivity contribution in [1.29, 1.82) is 0 Å². The van der Waals surface area contributed by atoms with Gasteiger partial charge in [-0.05, 0) is 42.2 Å². The first kappa shape index (κ1) is 16.0. The predicted molar refractivity (Wildman–Crippen MR) is 94.3 cm³/mol. The van der Waals surface area contributed by atoms with Gasteiger partial charge < -0.3 is 5.73 Å². The monoisotopic (exact) mass is 300 g/mol. The fourth-order valence-electron chi connectivity index (χ4n) is 4.31. The Hall–Kier alpha value is -0.860. The van der Waals surface area contributed by atoms with E-state index in [1.807, 2.05) is 0 Å². The fourth-order valence-corrected chi connectivity index (χ4v) is 4.31. The smallest absolute Gasteiger partial charge is 0.0174 e. The van der Waals surface area contributed by atoms with Gasteiger partial charge in [0, 0.05) is 25.2 Å². The summed E-state index contributed by atoms with van der Waals surface area (Å²) < 4.78 is 0. The molecule has 1 saturated heterocycles. The lowest BCUT2D eigenvalue weighted by Crippen LogP contribution is -2.50. The van der Waals surface area contributed by atoms with E-state index in [2.05, 4.69) is 43.0 Å². The van der Waals surface area contributed by atoms with E-state index in [0.717, 1.165) is 19.0 Å². The highest BCUT2D eigenvalue weighted by Crippen LogP contribution is 2.32. The third-order valence-electron chi connectivity index (χ3n) is 5.68. The number of hydrogen-bond acceptors (Lipinski definition) is 2. The second kappa shape index (κ2) is 7.14. The van der Waals surface area contributed by atoms with E-state index in [-0.39, 0.29) is 0 Å². The van der Waals surface area contributed by atoms with Gasteiger partial charge in [0.2, 0.25) is 0 Å². The van der Waals surface area contributed by atoms with Crippen LogP contribution in [0.25, 0.3) is 0 Å². The van der Waals surface area contributed by atoms with Gasteiger partial charge in [0.05, 0.1) is 0 Å². The van der Waals surface area contributed by atoms with Crippen molar-refractivity contribution in [3.8, 4) is 0 Å². The number of benzene rings is 1. The van der Waals surface area contributed by atoms with Gasteiger partial charge in [-0.3, -0.25) is 4.90 Å². The highest BCUT2D eigenvalue weighted by molar-refractivity contribution is 5.28. The van der Waals surface area contributed by atoms with E-state index < -0.39 is 0 Å². The molecule has 2 nitrogen and oxygen atoms in total. The van der Waals surface area contributed by atoms with Crippen molar-refractivity contribution in [2.24, 2.45) is 5.73 Å². The first-order valence-electron chi connectivity index (χ1n) is 9.23. The summed E-state index contributed by atoms with van der Waals surface area (Å²) in [5.74, 6) is 1.23. The summed E-state index contributed by atoms with van der Waals surface area (Å²) >= 11 is 0. The lowest BCUT2D eigenvalue weighted by molar-refractivity contribution is 0.107. The second-order valence-corrected chi connectivity index (χ2v) is 7.76. The fraction of sp³-hybridized carbons (Fsp3) is 0.700. The Balaban J connectivity index is 1.69. The summed E-state index contributed by atoms with van der Waals surface area (Å²) in [6.45, 7) is 6.83. The summed E-state index contributed by atoms with van der Waals surface area (Å²) in [7, 11) is 0. The van der Waals surface area contributed by atoms with E-state index in [1.54, 1.807) is 0 Å². The maximum atomic E-state index is 6.40. The number of likely N-dealkylation sites (tertiary alicyclic amines) is 1. The van der Waals surface area contributed by atoms with Crippen molar-refractivity contribution in [3.05, 3.63) is 35.4 Å². The van der Waals surface area contributed by atoms with Crippen molar-refractivity contribution in [1.82, 2.24) is 4.90 Å². The average molecular weight is 300 g/mol. The number of piperidine rings is 1. The average Bonchev–Trinajstić information content (AvgIpc) is 2.55. The summed E-state index contributed by atoms with van der Waals surface area (Å²) in [6, 6.07) is 10.4. The van der Waals surface area contributed by atoms with Gasteiger partial charge in [-0.25, -0.2) is 0 Å². The minimum atomic E-state index is 0.338. The Kier molecular flexibility index (Phi) is 5.20. The quantitative estimate of drug-likeness (QED) is 0.903. The van der Waals surface area contributed by atoms with Crippen LogP contribution in [0.15, 0.2) is 24.3 Å². The molecular formula is C20H32N2. The van der Waals surface area contributed by atoms with Gasteiger partial charge in [-0.15, -0.1) is 0 Å². The van der Waals surface area contributed by atoms with Gasteiger partial charge >= 0.3 is 0 Å². The molecule has 1 aromatic carbocycles. The molecule has 2 N–H and O–H groups in total. The number of hydrogen-bond donors (Lipinski definition) is 1. The molecule has 1 aliphatic heterocycles. The maximum Gasteiger partial charge on any atom is 0.0174 e. The van der Waals surface area contributed by atoms with Gasteiger partial charge in [0.25, 0.3) is 0 Å². The highest BCUT2D eigenvalue weighted by Gasteiger charge is 2.31. The maximum absolute atomic E-state index is 6.40. The van der Waals surface area contributed by atoms with E-state index >= 15 is 0 Å². The first-order chi connectivity index (χ1) is 10.6. The molecule has 1 aliphatic carbocycles. The van der Waals surface area contributed by atoms with Crippen molar-refractivity contribution in [3.63, 3.8) is 0 Å². The summed E-state index contributed by atoms with van der Waals surface area (Å²) in [5, 5.41) is 0. The summed E-state index contributed by atoms with van der Waals surface area (Å²) in [6.07, 6.45) is 8.15. The molecule has 22 heavy (non-hydrogen) atoms. The zero-order chi connectivity index (χ0) is 15.5. The topological polar surface area (TPSA) is 29.3 Å². The van der Waals surface area contributed by atoms with E-state index in [4.69, 9.17) is 5.73 Å². The molecule has 1 heterocycles. The third-order valence-corrected chi connectivity index (χ3v) is 5.68. The van der Waals surface area contributed by atoms with Crippen LogP contribution in [0.3, 0.4) is 0 Å². The van der Waals surface area contributed by atoms with Gasteiger partial charge in [0.15, 0.2) is 0 Å². The third kappa shape index (κ3) is 3.72. The molecule has 3 rings (SSSR count). The van der Waals surface area contributed by atoms with Crippen LogP contribution in [0.5, 0.6) is 0 Å². The SMILES string of the molecule is CC(C)c1ccc(C2CC(N)CN(C3CCCCC3)C2)cc1. The molecule has 0 spiro atoms. The summed E-state index contributed by atoms with van der Waals surface area (Å²) in [5.41, 5.74) is 9.32. The molecule has 0 radical (unpaired) electrons. The van der Waals surface area contributed by atoms with Crippen LogP contribution in [-0.2, 0) is 0 Å². The largest absolute Gasteiger partial charge is 0.327 e. The van der Waals surface area contributed by atoms with Crippen molar-refractivity contribution in [2.45, 2.75) is 76.3 Å². The lowest BCUT2D eigenvalue weighted by atomic mass is 9.85. The standard InChI is InChI=1S/C20H32N2/c1-15(2)16-8-10-17(11-9-16)18-12-19(21)14-22(13-18)20-6-4-3-5-7-20/h8-11,15,18-20H,3-7,12-14,21H2,1-2H3. The molecule has 122 valence electrons. The van der Waals surface area contributed by atoms with Crippen LogP contribution in [-0.4, -0.2) is 30.1 Å². The Bertz CT molecular complexity index is 459. The molecule has 2 atom stereocenters. The van der Waals surface area contributed by atoms with Crippen LogP contribution in [0.4, 0.5) is 0 Å². The van der Waals surface area contributed by atoms with Crippen LogP contribution < -0.4 is 5.73 Å². The first-order valence-corrected chi connectivity index (χ1v) is 9.23. The Morgan fingerprint density at radius 3 is 2.32 bits per heavy atom. The van der Waals surface area contributed by atoms with Gasteiger partial charge in [0.1, 0.15) is 0 Å². The number of nitrogens with two attached hydrogens (primary N) is 1. The molecule has 0 amide bonds. The minimum absolute atomic E-state index is 0.338. The summed E-state index contributed by atoms with van der Waals surface area (Å²) in [4.78, 5) is 2.70. The molecular weight excluding hydrogens is 268 g/mol. The second-order valence-electron chi connectivity index (χ2n) is 7.76. The van der Waals surface area contributed by atoms with E-state index in [9.17, 15) is 0 Å². The normalized spacial score (nSPS) is 28.2. The van der Waals surface area contributed by atoms with E-state index in [1.165, 1.54) is 49.8 Å². The molecule has 2 aliphatic rings. The van der Waals surface area contributed by atoms with Crippen molar-refractivity contribution < 1.29 is 0 Å². The lowest BCUT2D eigenvalue weighted by Gasteiger charge is -2.42.